The van der Waals surface area contributed by atoms with Crippen molar-refractivity contribution < 1.29 is 14.3 Å². The zero-order valence-electron chi connectivity index (χ0n) is 17.9. The van der Waals surface area contributed by atoms with E-state index in [1.165, 1.54) is 0 Å². The molecule has 1 unspecified atom stereocenters. The summed E-state index contributed by atoms with van der Waals surface area (Å²) in [5.41, 5.74) is 2.26. The zero-order valence-corrected chi connectivity index (χ0v) is 18.7. The number of carbonyl (C=O) groups is 2. The predicted molar refractivity (Wildman–Crippen MR) is 124 cm³/mol. The van der Waals surface area contributed by atoms with Crippen molar-refractivity contribution in [1.82, 2.24) is 10.2 Å². The third-order valence-corrected chi connectivity index (χ3v) is 4.77. The summed E-state index contributed by atoms with van der Waals surface area (Å²) >= 11 is 5.27. The molecule has 2 N–H and O–H groups in total. The van der Waals surface area contributed by atoms with E-state index in [0.717, 1.165) is 23.4 Å². The first-order chi connectivity index (χ1) is 14.3. The third-order valence-electron chi connectivity index (χ3n) is 4.57. The molecule has 0 bridgehead atoms. The molecule has 2 rings (SSSR count). The summed E-state index contributed by atoms with van der Waals surface area (Å²) in [4.78, 5) is 25.8. The van der Waals surface area contributed by atoms with Crippen LogP contribution < -0.4 is 15.4 Å². The Labute approximate surface area is 183 Å². The standard InChI is InChI=1S/C23H29N3O3S/c1-5-16(2)29-20-12-10-18(11-13-20)22(28)25-23(30)24-19-8-6-7-17(15-19)9-14-21(27)26(3)4/h6-8,10-13,15-16H,5,9,14H2,1-4H3,(H2,24,25,28,30). The lowest BCUT2D eigenvalue weighted by molar-refractivity contribution is -0.128. The van der Waals surface area contributed by atoms with Crippen LogP contribution in [-0.4, -0.2) is 42.0 Å². The van der Waals surface area contributed by atoms with Gasteiger partial charge >= 0.3 is 0 Å². The summed E-state index contributed by atoms with van der Waals surface area (Å²) in [5.74, 6) is 0.512. The van der Waals surface area contributed by atoms with Gasteiger partial charge in [0.1, 0.15) is 5.75 Å². The minimum absolute atomic E-state index is 0.0803. The van der Waals surface area contributed by atoms with Crippen LogP contribution in [0.2, 0.25) is 0 Å². The number of aryl methyl sites for hydroxylation is 1. The number of nitrogens with one attached hydrogen (secondary N) is 2. The Morgan fingerprint density at radius 2 is 1.83 bits per heavy atom. The highest BCUT2D eigenvalue weighted by Crippen LogP contribution is 2.15. The summed E-state index contributed by atoms with van der Waals surface area (Å²) < 4.78 is 5.72. The van der Waals surface area contributed by atoms with Gasteiger partial charge in [-0.05, 0) is 73.9 Å². The first-order valence-corrected chi connectivity index (χ1v) is 10.4. The van der Waals surface area contributed by atoms with Crippen LogP contribution in [0.5, 0.6) is 5.75 Å². The molecule has 0 saturated heterocycles. The first kappa shape index (κ1) is 23.3. The van der Waals surface area contributed by atoms with E-state index < -0.39 is 0 Å². The number of carbonyl (C=O) groups excluding carboxylic acids is 2. The fraction of sp³-hybridized carbons (Fsp3) is 0.348. The second-order valence-electron chi connectivity index (χ2n) is 7.26. The monoisotopic (exact) mass is 427 g/mol. The topological polar surface area (TPSA) is 70.7 Å². The molecule has 2 aromatic rings. The van der Waals surface area contributed by atoms with Crippen LogP contribution in [-0.2, 0) is 11.2 Å². The van der Waals surface area contributed by atoms with E-state index in [4.69, 9.17) is 17.0 Å². The molecule has 0 fully saturated rings. The predicted octanol–water partition coefficient (Wildman–Crippen LogP) is 4.01. The molecule has 2 aromatic carbocycles. The Bertz CT molecular complexity index is 882. The van der Waals surface area contributed by atoms with Gasteiger partial charge in [-0.15, -0.1) is 0 Å². The van der Waals surface area contributed by atoms with Crippen LogP contribution >= 0.6 is 12.2 Å². The molecule has 2 amide bonds. The average molecular weight is 428 g/mol. The summed E-state index contributed by atoms with van der Waals surface area (Å²) in [7, 11) is 3.49. The van der Waals surface area contributed by atoms with E-state index >= 15 is 0 Å². The number of ether oxygens (including phenoxy) is 1. The fourth-order valence-electron chi connectivity index (χ4n) is 2.62. The van der Waals surface area contributed by atoms with Gasteiger partial charge in [-0.1, -0.05) is 19.1 Å². The largest absolute Gasteiger partial charge is 0.491 e. The number of anilines is 1. The van der Waals surface area contributed by atoms with Gasteiger partial charge in [0.2, 0.25) is 5.91 Å². The fourth-order valence-corrected chi connectivity index (χ4v) is 2.83. The molecule has 0 heterocycles. The summed E-state index contributed by atoms with van der Waals surface area (Å²) in [6.45, 7) is 4.05. The lowest BCUT2D eigenvalue weighted by atomic mass is 10.1. The number of thiocarbonyl (C=S) groups is 1. The molecule has 1 atom stereocenters. The van der Waals surface area contributed by atoms with Crippen molar-refractivity contribution in [1.29, 1.82) is 0 Å². The van der Waals surface area contributed by atoms with Crippen LogP contribution in [0.4, 0.5) is 5.69 Å². The van der Waals surface area contributed by atoms with E-state index in [2.05, 4.69) is 17.6 Å². The molecule has 0 aromatic heterocycles. The molecule has 0 saturated carbocycles. The minimum atomic E-state index is -0.296. The zero-order chi connectivity index (χ0) is 22.1. The summed E-state index contributed by atoms with van der Waals surface area (Å²) in [6.07, 6.45) is 2.11. The molecule has 30 heavy (non-hydrogen) atoms. The van der Waals surface area contributed by atoms with Gasteiger partial charge in [0.25, 0.3) is 5.91 Å². The van der Waals surface area contributed by atoms with Crippen molar-refractivity contribution >= 4 is 34.8 Å². The van der Waals surface area contributed by atoms with Gasteiger partial charge < -0.3 is 15.0 Å². The van der Waals surface area contributed by atoms with E-state index in [0.29, 0.717) is 18.4 Å². The first-order valence-electron chi connectivity index (χ1n) is 9.96. The van der Waals surface area contributed by atoms with Crippen LogP contribution in [0, 0.1) is 0 Å². The maximum Gasteiger partial charge on any atom is 0.257 e. The molecule has 0 aliphatic carbocycles. The normalized spacial score (nSPS) is 11.3. The average Bonchev–Trinajstić information content (AvgIpc) is 2.72. The van der Waals surface area contributed by atoms with E-state index in [-0.39, 0.29) is 23.0 Å². The number of benzene rings is 2. The second kappa shape index (κ2) is 11.3. The molecule has 0 spiro atoms. The molecule has 0 aliphatic heterocycles. The Morgan fingerprint density at radius 3 is 2.47 bits per heavy atom. The molecular weight excluding hydrogens is 398 g/mol. The number of hydrogen-bond acceptors (Lipinski definition) is 4. The second-order valence-corrected chi connectivity index (χ2v) is 7.67. The molecule has 7 heteroatoms. The molecule has 160 valence electrons. The lowest BCUT2D eigenvalue weighted by Crippen LogP contribution is -2.34. The molecule has 0 aliphatic rings. The van der Waals surface area contributed by atoms with Crippen molar-refractivity contribution in [3.63, 3.8) is 0 Å². The van der Waals surface area contributed by atoms with Gasteiger partial charge in [-0.2, -0.15) is 0 Å². The molecule has 6 nitrogen and oxygen atoms in total. The Morgan fingerprint density at radius 1 is 1.13 bits per heavy atom. The third kappa shape index (κ3) is 7.48. The molecular formula is C23H29N3O3S. The molecule has 0 radical (unpaired) electrons. The van der Waals surface area contributed by atoms with Crippen molar-refractivity contribution in [2.24, 2.45) is 0 Å². The summed E-state index contributed by atoms with van der Waals surface area (Å²) in [5, 5.41) is 5.91. The number of nitrogens with zero attached hydrogens (tertiary/aromatic N) is 1. The smallest absolute Gasteiger partial charge is 0.257 e. The van der Waals surface area contributed by atoms with Crippen molar-refractivity contribution in [3.05, 3.63) is 59.7 Å². The Kier molecular flexibility index (Phi) is 8.80. The van der Waals surface area contributed by atoms with Gasteiger partial charge in [0.15, 0.2) is 5.11 Å². The highest BCUT2D eigenvalue weighted by molar-refractivity contribution is 7.80. The van der Waals surface area contributed by atoms with Gasteiger partial charge in [0.05, 0.1) is 6.10 Å². The van der Waals surface area contributed by atoms with Gasteiger partial charge in [-0.3, -0.25) is 14.9 Å². The number of rotatable bonds is 8. The Hall–Kier alpha value is -2.93. The maximum absolute atomic E-state index is 12.4. The van der Waals surface area contributed by atoms with E-state index in [1.54, 1.807) is 43.3 Å². The van der Waals surface area contributed by atoms with Crippen molar-refractivity contribution in [2.45, 2.75) is 39.2 Å². The number of amides is 2. The van der Waals surface area contributed by atoms with E-state index in [9.17, 15) is 9.59 Å². The van der Waals surface area contributed by atoms with Gasteiger partial charge in [-0.25, -0.2) is 0 Å². The van der Waals surface area contributed by atoms with Crippen molar-refractivity contribution in [3.8, 4) is 5.75 Å². The van der Waals surface area contributed by atoms with Crippen LogP contribution in [0.25, 0.3) is 0 Å². The highest BCUT2D eigenvalue weighted by Gasteiger charge is 2.10. The minimum Gasteiger partial charge on any atom is -0.491 e. The quantitative estimate of drug-likeness (QED) is 0.623. The van der Waals surface area contributed by atoms with Crippen LogP contribution in [0.3, 0.4) is 0 Å². The van der Waals surface area contributed by atoms with Crippen LogP contribution in [0.15, 0.2) is 48.5 Å². The SMILES string of the molecule is CCC(C)Oc1ccc(C(=O)NC(=S)Nc2cccc(CCC(=O)N(C)C)c2)cc1. The lowest BCUT2D eigenvalue weighted by Gasteiger charge is -2.13. The number of hydrogen-bond donors (Lipinski definition) is 2. The van der Waals surface area contributed by atoms with E-state index in [1.807, 2.05) is 31.2 Å². The highest BCUT2D eigenvalue weighted by atomic mass is 32.1. The Balaban J connectivity index is 1.90. The maximum atomic E-state index is 12.4. The van der Waals surface area contributed by atoms with Crippen molar-refractivity contribution in [2.75, 3.05) is 19.4 Å². The summed E-state index contributed by atoms with van der Waals surface area (Å²) in [6, 6.07) is 14.6. The van der Waals surface area contributed by atoms with Crippen LogP contribution in [0.1, 0.15) is 42.6 Å². The van der Waals surface area contributed by atoms with Gasteiger partial charge in [0, 0.05) is 31.8 Å².